The molecule has 7 nitrogen and oxygen atoms in total. The summed E-state index contributed by atoms with van der Waals surface area (Å²) < 4.78 is 6.96. The van der Waals surface area contributed by atoms with Crippen molar-refractivity contribution >= 4 is 34.2 Å². The van der Waals surface area contributed by atoms with Gasteiger partial charge in [0.15, 0.2) is 5.65 Å². The minimum absolute atomic E-state index is 0.102. The fourth-order valence-corrected chi connectivity index (χ4v) is 3.60. The van der Waals surface area contributed by atoms with Crippen LogP contribution in [0.4, 0.5) is 0 Å². The molecule has 0 saturated carbocycles. The molecule has 1 fully saturated rings. The summed E-state index contributed by atoms with van der Waals surface area (Å²) in [4.78, 5) is 23.3. The van der Waals surface area contributed by atoms with E-state index < -0.39 is 0 Å². The summed E-state index contributed by atoms with van der Waals surface area (Å²) in [5.41, 5.74) is 1.64. The zero-order valence-corrected chi connectivity index (χ0v) is 14.1. The quantitative estimate of drug-likeness (QED) is 0.673. The lowest BCUT2D eigenvalue weighted by molar-refractivity contribution is -0.134. The number of morpholine rings is 1. The van der Waals surface area contributed by atoms with Gasteiger partial charge in [0.05, 0.1) is 24.0 Å². The lowest BCUT2D eigenvalue weighted by Crippen LogP contribution is -2.44. The fourth-order valence-electron chi connectivity index (χ4n) is 2.76. The number of fused-ring (bicyclic) bond motifs is 3. The minimum atomic E-state index is -0.236. The van der Waals surface area contributed by atoms with Gasteiger partial charge in [0.1, 0.15) is 6.33 Å². The highest BCUT2D eigenvalue weighted by Crippen LogP contribution is 2.24. The zero-order chi connectivity index (χ0) is 16.5. The van der Waals surface area contributed by atoms with Crippen LogP contribution in [0.3, 0.4) is 0 Å². The zero-order valence-electron chi connectivity index (χ0n) is 13.3. The van der Waals surface area contributed by atoms with Crippen LogP contribution < -0.4 is 0 Å². The Morgan fingerprint density at radius 1 is 1.29 bits per heavy atom. The SMILES string of the molecule is C[C@H](Sc1nc2c3ccccc3ncn2n1)C(=O)N1CCOCC1. The van der Waals surface area contributed by atoms with Crippen molar-refractivity contribution in [2.45, 2.75) is 17.3 Å². The summed E-state index contributed by atoms with van der Waals surface area (Å²) in [6.45, 7) is 4.40. The average molecular weight is 343 g/mol. The summed E-state index contributed by atoms with van der Waals surface area (Å²) in [6.07, 6.45) is 1.66. The first kappa shape index (κ1) is 15.3. The van der Waals surface area contributed by atoms with Crippen LogP contribution in [0.1, 0.15) is 6.92 Å². The molecule has 0 bridgehead atoms. The van der Waals surface area contributed by atoms with Crippen LogP contribution in [0, 0.1) is 0 Å². The first-order valence-electron chi connectivity index (χ1n) is 7.86. The van der Waals surface area contributed by atoms with E-state index >= 15 is 0 Å². The largest absolute Gasteiger partial charge is 0.378 e. The Kier molecular flexibility index (Phi) is 4.07. The second kappa shape index (κ2) is 6.37. The van der Waals surface area contributed by atoms with Gasteiger partial charge in [-0.1, -0.05) is 23.9 Å². The molecular formula is C16H17N5O2S. The third-order valence-corrected chi connectivity index (χ3v) is 4.95. The van der Waals surface area contributed by atoms with Crippen molar-refractivity contribution in [3.8, 4) is 0 Å². The summed E-state index contributed by atoms with van der Waals surface area (Å²) in [7, 11) is 0. The van der Waals surface area contributed by atoms with Crippen molar-refractivity contribution in [2.75, 3.05) is 26.3 Å². The second-order valence-corrected chi connectivity index (χ2v) is 6.93. The van der Waals surface area contributed by atoms with Crippen molar-refractivity contribution < 1.29 is 9.53 Å². The second-order valence-electron chi connectivity index (χ2n) is 5.62. The number of carbonyl (C=O) groups excluding carboxylic acids is 1. The number of ether oxygens (including phenoxy) is 1. The Morgan fingerprint density at radius 2 is 2.08 bits per heavy atom. The molecule has 0 aliphatic carbocycles. The summed E-state index contributed by atoms with van der Waals surface area (Å²) >= 11 is 1.38. The van der Waals surface area contributed by atoms with Crippen LogP contribution in [-0.4, -0.2) is 61.9 Å². The molecule has 3 heterocycles. The first-order valence-corrected chi connectivity index (χ1v) is 8.73. The predicted molar refractivity (Wildman–Crippen MR) is 91.0 cm³/mol. The van der Waals surface area contributed by atoms with E-state index in [1.165, 1.54) is 11.8 Å². The molecule has 0 spiro atoms. The van der Waals surface area contributed by atoms with E-state index in [-0.39, 0.29) is 11.2 Å². The minimum Gasteiger partial charge on any atom is -0.378 e. The Labute approximate surface area is 143 Å². The lowest BCUT2D eigenvalue weighted by Gasteiger charge is -2.28. The topological polar surface area (TPSA) is 72.6 Å². The average Bonchev–Trinajstić information content (AvgIpc) is 3.04. The number of aromatic nitrogens is 4. The van der Waals surface area contributed by atoms with Gasteiger partial charge in [-0.25, -0.2) is 14.5 Å². The molecule has 124 valence electrons. The number of carbonyl (C=O) groups is 1. The summed E-state index contributed by atoms with van der Waals surface area (Å²) in [6, 6.07) is 7.82. The third-order valence-electron chi connectivity index (χ3n) is 4.02. The molecular weight excluding hydrogens is 326 g/mol. The molecule has 8 heteroatoms. The van der Waals surface area contributed by atoms with Crippen molar-refractivity contribution in [2.24, 2.45) is 0 Å². The predicted octanol–water partition coefficient (Wildman–Crippen LogP) is 1.62. The molecule has 0 radical (unpaired) electrons. The van der Waals surface area contributed by atoms with E-state index in [2.05, 4.69) is 15.1 Å². The van der Waals surface area contributed by atoms with Gasteiger partial charge >= 0.3 is 0 Å². The number of thioether (sulfide) groups is 1. The van der Waals surface area contributed by atoms with Gasteiger partial charge in [-0.15, -0.1) is 5.10 Å². The highest BCUT2D eigenvalue weighted by Gasteiger charge is 2.24. The molecule has 1 aromatic carbocycles. The summed E-state index contributed by atoms with van der Waals surface area (Å²) in [5, 5.41) is 5.74. The normalized spacial score (nSPS) is 16.6. The maximum Gasteiger partial charge on any atom is 0.236 e. The van der Waals surface area contributed by atoms with Gasteiger partial charge in [-0.2, -0.15) is 0 Å². The van der Waals surface area contributed by atoms with Crippen LogP contribution in [0.2, 0.25) is 0 Å². The van der Waals surface area contributed by atoms with Gasteiger partial charge < -0.3 is 9.64 Å². The van der Waals surface area contributed by atoms with E-state index in [0.717, 1.165) is 16.6 Å². The van der Waals surface area contributed by atoms with Crippen LogP contribution in [0.25, 0.3) is 16.6 Å². The molecule has 3 aromatic rings. The van der Waals surface area contributed by atoms with Gasteiger partial charge in [-0.3, -0.25) is 4.79 Å². The molecule has 0 unspecified atom stereocenters. The number of para-hydroxylation sites is 1. The van der Waals surface area contributed by atoms with E-state index in [0.29, 0.717) is 31.5 Å². The number of hydrogen-bond acceptors (Lipinski definition) is 6. The third kappa shape index (κ3) is 2.83. The highest BCUT2D eigenvalue weighted by atomic mass is 32.2. The number of hydrogen-bond donors (Lipinski definition) is 0. The van der Waals surface area contributed by atoms with Crippen LogP contribution in [-0.2, 0) is 9.53 Å². The smallest absolute Gasteiger partial charge is 0.236 e. The molecule has 4 rings (SSSR count). The Morgan fingerprint density at radius 3 is 2.92 bits per heavy atom. The van der Waals surface area contributed by atoms with E-state index in [1.807, 2.05) is 36.1 Å². The molecule has 24 heavy (non-hydrogen) atoms. The van der Waals surface area contributed by atoms with Gasteiger partial charge in [0.25, 0.3) is 0 Å². The van der Waals surface area contributed by atoms with Gasteiger partial charge in [0.2, 0.25) is 11.1 Å². The lowest BCUT2D eigenvalue weighted by atomic mass is 10.2. The summed E-state index contributed by atoms with van der Waals surface area (Å²) in [5.74, 6) is 0.102. The van der Waals surface area contributed by atoms with Crippen molar-refractivity contribution in [1.82, 2.24) is 24.5 Å². The van der Waals surface area contributed by atoms with E-state index in [4.69, 9.17) is 4.74 Å². The number of nitrogens with zero attached hydrogens (tertiary/aromatic N) is 5. The van der Waals surface area contributed by atoms with Gasteiger partial charge in [0, 0.05) is 18.5 Å². The monoisotopic (exact) mass is 343 g/mol. The van der Waals surface area contributed by atoms with Crippen molar-refractivity contribution in [1.29, 1.82) is 0 Å². The van der Waals surface area contributed by atoms with Crippen LogP contribution in [0.15, 0.2) is 35.7 Å². The Balaban J connectivity index is 1.58. The maximum atomic E-state index is 12.5. The van der Waals surface area contributed by atoms with Crippen LogP contribution >= 0.6 is 11.8 Å². The molecule has 1 aliphatic heterocycles. The molecule has 2 aromatic heterocycles. The number of benzene rings is 1. The number of rotatable bonds is 3. The first-order chi connectivity index (χ1) is 11.7. The molecule has 1 atom stereocenters. The maximum absolute atomic E-state index is 12.5. The van der Waals surface area contributed by atoms with Crippen molar-refractivity contribution in [3.63, 3.8) is 0 Å². The Hall–Kier alpha value is -2.19. The molecule has 1 amide bonds. The Bertz CT molecular complexity index is 890. The fraction of sp³-hybridized carbons (Fsp3) is 0.375. The van der Waals surface area contributed by atoms with Crippen LogP contribution in [0.5, 0.6) is 0 Å². The standard InChI is InChI=1S/C16H17N5O2S/c1-11(15(22)20-6-8-23-9-7-20)24-16-18-14-12-4-2-3-5-13(12)17-10-21(14)19-16/h2-5,10-11H,6-9H2,1H3/t11-/m0/s1. The van der Waals surface area contributed by atoms with Crippen molar-refractivity contribution in [3.05, 3.63) is 30.6 Å². The van der Waals surface area contributed by atoms with E-state index in [1.54, 1.807) is 10.8 Å². The molecule has 1 saturated heterocycles. The van der Waals surface area contributed by atoms with E-state index in [9.17, 15) is 4.79 Å². The molecule has 0 N–H and O–H groups in total. The highest BCUT2D eigenvalue weighted by molar-refractivity contribution is 8.00. The number of amides is 1. The molecule has 1 aliphatic rings. The van der Waals surface area contributed by atoms with Gasteiger partial charge in [-0.05, 0) is 19.1 Å².